The van der Waals surface area contributed by atoms with Crippen molar-refractivity contribution < 1.29 is 8.42 Å². The van der Waals surface area contributed by atoms with Gasteiger partial charge in [0.2, 0.25) is 10.0 Å². The van der Waals surface area contributed by atoms with Gasteiger partial charge in [-0.25, -0.2) is 13.1 Å². The molecule has 0 heterocycles. The monoisotopic (exact) mass is 362 g/mol. The first-order valence-corrected chi connectivity index (χ1v) is 9.05. The minimum Gasteiger partial charge on any atom is -0.316 e. The summed E-state index contributed by atoms with van der Waals surface area (Å²) in [5.41, 5.74) is 1.68. The van der Waals surface area contributed by atoms with E-state index in [1.54, 1.807) is 6.07 Å². The van der Waals surface area contributed by atoms with Crippen LogP contribution in [0, 0.1) is 6.92 Å². The van der Waals surface area contributed by atoms with Crippen LogP contribution in [0.3, 0.4) is 0 Å². The number of rotatable bonds is 7. The van der Waals surface area contributed by atoms with Crippen LogP contribution in [-0.2, 0) is 16.6 Å². The van der Waals surface area contributed by atoms with E-state index in [0.29, 0.717) is 11.4 Å². The summed E-state index contributed by atoms with van der Waals surface area (Å²) >= 11 is 3.44. The third-order valence-electron chi connectivity index (χ3n) is 3.10. The molecule has 1 aromatic carbocycles. The summed E-state index contributed by atoms with van der Waals surface area (Å²) in [6.07, 6.45) is 1.78. The van der Waals surface area contributed by atoms with Crippen LogP contribution < -0.4 is 10.0 Å². The Bertz CT molecular complexity index is 559. The molecule has 6 heteroatoms. The van der Waals surface area contributed by atoms with E-state index in [4.69, 9.17) is 0 Å². The molecule has 0 aromatic heterocycles. The van der Waals surface area contributed by atoms with Crippen molar-refractivity contribution in [3.05, 3.63) is 27.7 Å². The van der Waals surface area contributed by atoms with E-state index in [9.17, 15) is 8.42 Å². The van der Waals surface area contributed by atoms with E-state index in [0.717, 1.165) is 28.4 Å². The topological polar surface area (TPSA) is 58.2 Å². The van der Waals surface area contributed by atoms with Crippen LogP contribution in [0.15, 0.2) is 21.5 Å². The lowest BCUT2D eigenvalue weighted by atomic mass is 10.1. The summed E-state index contributed by atoms with van der Waals surface area (Å²) in [7, 11) is -1.65. The molecule has 2 N–H and O–H groups in total. The van der Waals surface area contributed by atoms with E-state index in [1.807, 2.05) is 33.9 Å². The molecule has 0 aliphatic rings. The molecule has 0 spiro atoms. The summed E-state index contributed by atoms with van der Waals surface area (Å²) in [5.74, 6) is 0. The molecule has 0 aliphatic carbocycles. The van der Waals surface area contributed by atoms with Gasteiger partial charge < -0.3 is 5.32 Å². The van der Waals surface area contributed by atoms with Gasteiger partial charge in [-0.2, -0.15) is 0 Å². The van der Waals surface area contributed by atoms with E-state index in [-0.39, 0.29) is 6.04 Å². The first-order valence-electron chi connectivity index (χ1n) is 6.77. The molecule has 0 bridgehead atoms. The summed E-state index contributed by atoms with van der Waals surface area (Å²) in [5, 5.41) is 3.03. The Balaban J connectivity index is 3.16. The number of sulfonamides is 1. The molecule has 0 amide bonds. The van der Waals surface area contributed by atoms with Crippen LogP contribution in [0.4, 0.5) is 0 Å². The minimum atomic E-state index is -3.48. The predicted octanol–water partition coefficient (Wildman–Crippen LogP) is 2.94. The second-order valence-corrected chi connectivity index (χ2v) is 7.58. The Kier molecular flexibility index (Phi) is 6.64. The van der Waals surface area contributed by atoms with Crippen LogP contribution in [0.5, 0.6) is 0 Å². The Morgan fingerprint density at radius 3 is 2.55 bits per heavy atom. The van der Waals surface area contributed by atoms with Crippen molar-refractivity contribution in [2.75, 3.05) is 7.05 Å². The zero-order valence-electron chi connectivity index (χ0n) is 12.5. The maximum atomic E-state index is 12.5. The fraction of sp³-hybridized carbons (Fsp3) is 0.571. The van der Waals surface area contributed by atoms with Crippen molar-refractivity contribution in [1.82, 2.24) is 10.0 Å². The Labute approximate surface area is 130 Å². The molecule has 4 nitrogen and oxygen atoms in total. The number of hydrogen-bond acceptors (Lipinski definition) is 3. The Morgan fingerprint density at radius 2 is 2.00 bits per heavy atom. The Morgan fingerprint density at radius 1 is 1.35 bits per heavy atom. The van der Waals surface area contributed by atoms with Gasteiger partial charge in [0.05, 0.1) is 4.90 Å². The fourth-order valence-corrected chi connectivity index (χ4v) is 4.35. The molecule has 0 radical (unpaired) electrons. The average molecular weight is 363 g/mol. The molecule has 0 saturated carbocycles. The van der Waals surface area contributed by atoms with Gasteiger partial charge in [-0.1, -0.05) is 29.3 Å². The largest absolute Gasteiger partial charge is 0.316 e. The van der Waals surface area contributed by atoms with Gasteiger partial charge in [-0.3, -0.25) is 0 Å². The zero-order valence-corrected chi connectivity index (χ0v) is 14.9. The van der Waals surface area contributed by atoms with Crippen molar-refractivity contribution in [2.24, 2.45) is 0 Å². The standard InChI is InChI=1S/C14H23BrN2O2S/c1-5-6-10(2)17-20(18,19)14-8-12(9-16-4)7-13(15)11(14)3/h7-8,10,16-17H,5-6,9H2,1-4H3. The van der Waals surface area contributed by atoms with Crippen molar-refractivity contribution in [1.29, 1.82) is 0 Å². The molecule has 0 aliphatic heterocycles. The van der Waals surface area contributed by atoms with E-state index in [2.05, 4.69) is 26.0 Å². The predicted molar refractivity (Wildman–Crippen MR) is 86.3 cm³/mol. The first kappa shape index (κ1) is 17.6. The molecule has 1 rings (SSSR count). The number of benzene rings is 1. The van der Waals surface area contributed by atoms with E-state index >= 15 is 0 Å². The minimum absolute atomic E-state index is 0.0591. The molecular formula is C14H23BrN2O2S. The highest BCUT2D eigenvalue weighted by Crippen LogP contribution is 2.26. The number of halogens is 1. The number of hydrogen-bond donors (Lipinski definition) is 2. The van der Waals surface area contributed by atoms with Crippen LogP contribution in [0.1, 0.15) is 37.8 Å². The van der Waals surface area contributed by atoms with Crippen molar-refractivity contribution in [3.8, 4) is 0 Å². The van der Waals surface area contributed by atoms with Gasteiger partial charge in [0.15, 0.2) is 0 Å². The van der Waals surface area contributed by atoms with Crippen molar-refractivity contribution >= 4 is 26.0 Å². The summed E-state index contributed by atoms with van der Waals surface area (Å²) in [6.45, 7) is 6.38. The second-order valence-electron chi connectivity index (χ2n) is 5.04. The van der Waals surface area contributed by atoms with Crippen molar-refractivity contribution in [2.45, 2.75) is 51.1 Å². The highest BCUT2D eigenvalue weighted by molar-refractivity contribution is 9.10. The maximum Gasteiger partial charge on any atom is 0.241 e. The van der Waals surface area contributed by atoms with Gasteiger partial charge in [0.25, 0.3) is 0 Å². The maximum absolute atomic E-state index is 12.5. The SMILES string of the molecule is CCCC(C)NS(=O)(=O)c1cc(CNC)cc(Br)c1C. The van der Waals surface area contributed by atoms with Crippen LogP contribution in [0.25, 0.3) is 0 Å². The lowest BCUT2D eigenvalue weighted by Gasteiger charge is -2.16. The highest BCUT2D eigenvalue weighted by Gasteiger charge is 2.21. The third-order valence-corrected chi connectivity index (χ3v) is 5.64. The molecular weight excluding hydrogens is 340 g/mol. The molecule has 20 heavy (non-hydrogen) atoms. The smallest absolute Gasteiger partial charge is 0.241 e. The molecule has 1 unspecified atom stereocenters. The number of nitrogens with one attached hydrogen (secondary N) is 2. The average Bonchev–Trinajstić information content (AvgIpc) is 2.33. The first-order chi connectivity index (χ1) is 9.31. The van der Waals surface area contributed by atoms with E-state index in [1.165, 1.54) is 0 Å². The molecule has 1 aromatic rings. The van der Waals surface area contributed by atoms with E-state index < -0.39 is 10.0 Å². The van der Waals surface area contributed by atoms with Crippen LogP contribution >= 0.6 is 15.9 Å². The molecule has 0 saturated heterocycles. The summed E-state index contributed by atoms with van der Waals surface area (Å²) in [6, 6.07) is 3.62. The Hall–Kier alpha value is -0.430. The normalized spacial score (nSPS) is 13.4. The van der Waals surface area contributed by atoms with Crippen LogP contribution in [-0.4, -0.2) is 21.5 Å². The molecule has 114 valence electrons. The van der Waals surface area contributed by atoms with Gasteiger partial charge in [0.1, 0.15) is 0 Å². The zero-order chi connectivity index (χ0) is 15.3. The summed E-state index contributed by atoms with van der Waals surface area (Å²) in [4.78, 5) is 0.347. The molecule has 1 atom stereocenters. The van der Waals surface area contributed by atoms with Gasteiger partial charge >= 0.3 is 0 Å². The molecule has 0 fully saturated rings. The third kappa shape index (κ3) is 4.55. The van der Waals surface area contributed by atoms with Gasteiger partial charge in [-0.15, -0.1) is 0 Å². The summed E-state index contributed by atoms with van der Waals surface area (Å²) < 4.78 is 28.5. The second kappa shape index (κ2) is 7.54. The van der Waals surface area contributed by atoms with Gasteiger partial charge in [-0.05, 0) is 50.6 Å². The lowest BCUT2D eigenvalue weighted by Crippen LogP contribution is -2.33. The highest BCUT2D eigenvalue weighted by atomic mass is 79.9. The van der Waals surface area contributed by atoms with Crippen LogP contribution in [0.2, 0.25) is 0 Å². The quantitative estimate of drug-likeness (QED) is 0.783. The van der Waals surface area contributed by atoms with Gasteiger partial charge in [0, 0.05) is 17.1 Å². The lowest BCUT2D eigenvalue weighted by molar-refractivity contribution is 0.543. The van der Waals surface area contributed by atoms with Crippen molar-refractivity contribution in [3.63, 3.8) is 0 Å². The fourth-order valence-electron chi connectivity index (χ4n) is 2.11.